The van der Waals surface area contributed by atoms with E-state index < -0.39 is 0 Å². The second-order valence-electron chi connectivity index (χ2n) is 3.60. The van der Waals surface area contributed by atoms with Crippen molar-refractivity contribution in [2.45, 2.75) is 25.4 Å². The fraction of sp³-hybridized carbons (Fsp3) is 0.600. The van der Waals surface area contributed by atoms with E-state index in [1.165, 1.54) is 0 Å². The first-order valence-electron chi connectivity index (χ1n) is 5.26. The van der Waals surface area contributed by atoms with Crippen LogP contribution >= 0.6 is 11.3 Å². The summed E-state index contributed by atoms with van der Waals surface area (Å²) in [6.45, 7) is 1.18. The molecule has 2 heterocycles. The molecule has 0 saturated heterocycles. The van der Waals surface area contributed by atoms with Gasteiger partial charge in [-0.1, -0.05) is 5.11 Å². The molecule has 0 aliphatic carbocycles. The van der Waals surface area contributed by atoms with Crippen LogP contribution in [0.3, 0.4) is 0 Å². The average molecular weight is 239 g/mol. The maximum Gasteiger partial charge on any atom is 0.172 e. The van der Waals surface area contributed by atoms with Gasteiger partial charge in [-0.25, -0.2) is 0 Å². The maximum atomic E-state index is 8.11. The van der Waals surface area contributed by atoms with Crippen LogP contribution in [0.1, 0.15) is 19.3 Å². The number of ether oxygens (including phenoxy) is 2. The predicted molar refractivity (Wildman–Crippen MR) is 62.1 cm³/mol. The van der Waals surface area contributed by atoms with Gasteiger partial charge < -0.3 is 9.47 Å². The molecular formula is C10H13N3O2S. The summed E-state index contributed by atoms with van der Waals surface area (Å²) in [5, 5.41) is 7.40. The molecule has 16 heavy (non-hydrogen) atoms. The van der Waals surface area contributed by atoms with E-state index >= 15 is 0 Å². The summed E-state index contributed by atoms with van der Waals surface area (Å²) in [4.78, 5) is 2.71. The summed E-state index contributed by atoms with van der Waals surface area (Å²) in [5.41, 5.74) is 8.11. The van der Waals surface area contributed by atoms with Gasteiger partial charge in [0.25, 0.3) is 0 Å². The summed E-state index contributed by atoms with van der Waals surface area (Å²) < 4.78 is 11.3. The highest BCUT2D eigenvalue weighted by Gasteiger charge is 2.20. The van der Waals surface area contributed by atoms with Crippen molar-refractivity contribution in [2.24, 2.45) is 5.11 Å². The summed E-state index contributed by atoms with van der Waals surface area (Å²) in [6, 6.07) is 0. The second kappa shape index (κ2) is 5.63. The molecule has 86 valence electrons. The van der Waals surface area contributed by atoms with E-state index in [1.807, 2.05) is 10.8 Å². The number of hydrogen-bond donors (Lipinski definition) is 0. The Labute approximate surface area is 97.6 Å². The third-order valence-corrected chi connectivity index (χ3v) is 3.11. The van der Waals surface area contributed by atoms with Gasteiger partial charge in [-0.2, -0.15) is 0 Å². The average Bonchev–Trinajstić information content (AvgIpc) is 2.76. The van der Waals surface area contributed by atoms with E-state index in [4.69, 9.17) is 15.0 Å². The van der Waals surface area contributed by atoms with Crippen LogP contribution in [0.5, 0.6) is 11.5 Å². The number of azide groups is 1. The van der Waals surface area contributed by atoms with Crippen LogP contribution in [0, 0.1) is 0 Å². The Kier molecular flexibility index (Phi) is 3.91. The van der Waals surface area contributed by atoms with Gasteiger partial charge >= 0.3 is 0 Å². The van der Waals surface area contributed by atoms with Crippen LogP contribution in [0.4, 0.5) is 0 Å². The van der Waals surface area contributed by atoms with Crippen molar-refractivity contribution >= 4 is 11.3 Å². The largest absolute Gasteiger partial charge is 0.485 e. The first-order valence-corrected chi connectivity index (χ1v) is 6.21. The Morgan fingerprint density at radius 3 is 3.19 bits per heavy atom. The molecule has 5 nitrogen and oxygen atoms in total. The maximum absolute atomic E-state index is 8.11. The number of rotatable bonds is 5. The van der Waals surface area contributed by atoms with Crippen LogP contribution in [0.25, 0.3) is 10.4 Å². The van der Waals surface area contributed by atoms with Crippen molar-refractivity contribution in [3.05, 3.63) is 21.2 Å². The van der Waals surface area contributed by atoms with Crippen molar-refractivity contribution < 1.29 is 9.47 Å². The molecule has 2 rings (SSSR count). The zero-order valence-corrected chi connectivity index (χ0v) is 9.65. The van der Waals surface area contributed by atoms with E-state index in [2.05, 4.69) is 10.0 Å². The van der Waals surface area contributed by atoms with Gasteiger partial charge in [0.1, 0.15) is 12.7 Å². The highest BCUT2D eigenvalue weighted by atomic mass is 32.1. The lowest BCUT2D eigenvalue weighted by atomic mass is 10.1. The first-order chi connectivity index (χ1) is 7.90. The molecule has 1 aromatic rings. The molecule has 6 heteroatoms. The van der Waals surface area contributed by atoms with Gasteiger partial charge in [-0.3, -0.25) is 0 Å². The Bertz CT molecular complexity index is 387. The number of fused-ring (bicyclic) bond motifs is 1. The first kappa shape index (κ1) is 11.1. The van der Waals surface area contributed by atoms with Crippen LogP contribution in [0.15, 0.2) is 15.9 Å². The zero-order valence-electron chi connectivity index (χ0n) is 8.83. The Morgan fingerprint density at radius 1 is 1.44 bits per heavy atom. The minimum absolute atomic E-state index is 0.133. The molecule has 0 amide bonds. The molecule has 1 atom stereocenters. The van der Waals surface area contributed by atoms with E-state index in [9.17, 15) is 0 Å². The number of unbranched alkanes of at least 4 members (excludes halogenated alkanes) is 1. The predicted octanol–water partition coefficient (Wildman–Crippen LogP) is 3.37. The summed E-state index contributed by atoms with van der Waals surface area (Å²) in [6.07, 6.45) is 2.97. The summed E-state index contributed by atoms with van der Waals surface area (Å²) >= 11 is 1.59. The molecule has 0 bridgehead atoms. The quantitative estimate of drug-likeness (QED) is 0.342. The number of thiophene rings is 1. The van der Waals surface area contributed by atoms with E-state index in [0.717, 1.165) is 30.8 Å². The molecule has 1 aliphatic heterocycles. The van der Waals surface area contributed by atoms with Crippen molar-refractivity contribution in [1.82, 2.24) is 0 Å². The lowest BCUT2D eigenvalue weighted by Crippen LogP contribution is -2.28. The molecule has 0 N–H and O–H groups in total. The molecule has 0 saturated carbocycles. The SMILES string of the molecule is [N-]=[N+]=NCCCCC1COc2cscc2O1. The van der Waals surface area contributed by atoms with Crippen LogP contribution in [0.2, 0.25) is 0 Å². The van der Waals surface area contributed by atoms with Crippen molar-refractivity contribution in [2.75, 3.05) is 13.2 Å². The Morgan fingerprint density at radius 2 is 2.31 bits per heavy atom. The Hall–Kier alpha value is -1.39. The van der Waals surface area contributed by atoms with Gasteiger partial charge in [-0.15, -0.1) is 11.3 Å². The topological polar surface area (TPSA) is 67.2 Å². The van der Waals surface area contributed by atoms with Crippen LogP contribution in [-0.4, -0.2) is 19.3 Å². The van der Waals surface area contributed by atoms with Gasteiger partial charge in [0.2, 0.25) is 0 Å². The molecule has 0 spiro atoms. The molecule has 1 aliphatic rings. The molecular weight excluding hydrogens is 226 g/mol. The molecule has 1 aromatic heterocycles. The monoisotopic (exact) mass is 239 g/mol. The van der Waals surface area contributed by atoms with Gasteiger partial charge in [-0.05, 0) is 24.8 Å². The highest BCUT2D eigenvalue weighted by Crippen LogP contribution is 2.35. The molecule has 0 fully saturated rings. The lowest BCUT2D eigenvalue weighted by molar-refractivity contribution is 0.0844. The third kappa shape index (κ3) is 2.81. The fourth-order valence-corrected chi connectivity index (χ4v) is 2.27. The third-order valence-electron chi connectivity index (χ3n) is 2.41. The minimum Gasteiger partial charge on any atom is -0.485 e. The summed E-state index contributed by atoms with van der Waals surface area (Å²) in [5.74, 6) is 1.71. The molecule has 0 radical (unpaired) electrons. The van der Waals surface area contributed by atoms with E-state index in [-0.39, 0.29) is 6.10 Å². The number of nitrogens with zero attached hydrogens (tertiary/aromatic N) is 3. The summed E-state index contributed by atoms with van der Waals surface area (Å²) in [7, 11) is 0. The fourth-order valence-electron chi connectivity index (χ4n) is 1.60. The Balaban J connectivity index is 1.71. The van der Waals surface area contributed by atoms with E-state index in [0.29, 0.717) is 13.2 Å². The second-order valence-corrected chi connectivity index (χ2v) is 4.34. The lowest BCUT2D eigenvalue weighted by Gasteiger charge is -2.24. The van der Waals surface area contributed by atoms with Crippen LogP contribution < -0.4 is 9.47 Å². The minimum atomic E-state index is 0.133. The standard InChI is InChI=1S/C10H13N3O2S/c11-13-12-4-2-1-3-8-5-14-9-6-16-7-10(9)15-8/h6-8H,1-5H2. The highest BCUT2D eigenvalue weighted by molar-refractivity contribution is 7.08. The van der Waals surface area contributed by atoms with Crippen molar-refractivity contribution in [1.29, 1.82) is 0 Å². The number of hydrogen-bond acceptors (Lipinski definition) is 4. The van der Waals surface area contributed by atoms with Crippen molar-refractivity contribution in [3.63, 3.8) is 0 Å². The normalized spacial score (nSPS) is 17.9. The smallest absolute Gasteiger partial charge is 0.172 e. The van der Waals surface area contributed by atoms with E-state index in [1.54, 1.807) is 11.3 Å². The molecule has 0 aromatic carbocycles. The van der Waals surface area contributed by atoms with Crippen LogP contribution in [-0.2, 0) is 0 Å². The van der Waals surface area contributed by atoms with Gasteiger partial charge in [0, 0.05) is 22.2 Å². The zero-order chi connectivity index (χ0) is 11.2. The van der Waals surface area contributed by atoms with Crippen molar-refractivity contribution in [3.8, 4) is 11.5 Å². The molecule has 1 unspecified atom stereocenters. The van der Waals surface area contributed by atoms with Gasteiger partial charge in [0.15, 0.2) is 11.5 Å². The van der Waals surface area contributed by atoms with Gasteiger partial charge in [0.05, 0.1) is 0 Å².